The molecule has 1 aliphatic rings. The van der Waals surface area contributed by atoms with Gasteiger partial charge in [0.15, 0.2) is 0 Å². The minimum atomic E-state index is 0.453. The van der Waals surface area contributed by atoms with Crippen molar-refractivity contribution in [2.75, 3.05) is 13.1 Å². The maximum absolute atomic E-state index is 5.68. The molecule has 1 saturated heterocycles. The van der Waals surface area contributed by atoms with Crippen LogP contribution in [0.5, 0.6) is 0 Å². The van der Waals surface area contributed by atoms with Gasteiger partial charge >= 0.3 is 0 Å². The molecule has 1 aliphatic heterocycles. The van der Waals surface area contributed by atoms with E-state index in [0.717, 1.165) is 25.3 Å². The molecule has 0 radical (unpaired) electrons. The van der Waals surface area contributed by atoms with E-state index in [4.69, 9.17) is 16.6 Å². The molecule has 0 amide bonds. The third-order valence-corrected chi connectivity index (χ3v) is 4.44. The van der Waals surface area contributed by atoms with E-state index < -0.39 is 0 Å². The van der Waals surface area contributed by atoms with Crippen molar-refractivity contribution in [3.8, 4) is 11.5 Å². The number of benzene rings is 1. The standard InChI is InChI=1S/C16H21N3OS/c1-12-6-7-14(10-13(12)2)15-17-19(16(21)20-15)11-18-8-4-3-5-9-18/h6-7,10H,3-5,8-9,11H2,1-2H3. The van der Waals surface area contributed by atoms with Crippen LogP contribution in [0.3, 0.4) is 0 Å². The number of hydrogen-bond donors (Lipinski definition) is 0. The van der Waals surface area contributed by atoms with Crippen LogP contribution >= 0.6 is 12.2 Å². The number of nitrogens with zero attached hydrogens (tertiary/aromatic N) is 3. The van der Waals surface area contributed by atoms with E-state index in [-0.39, 0.29) is 0 Å². The molecule has 3 rings (SSSR count). The van der Waals surface area contributed by atoms with Gasteiger partial charge in [-0.25, -0.2) is 4.68 Å². The maximum atomic E-state index is 5.68. The number of piperidine rings is 1. The van der Waals surface area contributed by atoms with Gasteiger partial charge in [-0.3, -0.25) is 4.90 Å². The number of rotatable bonds is 3. The van der Waals surface area contributed by atoms with Gasteiger partial charge in [0, 0.05) is 5.56 Å². The molecule has 1 aromatic carbocycles. The Labute approximate surface area is 130 Å². The van der Waals surface area contributed by atoms with Gasteiger partial charge in [0.25, 0.3) is 4.84 Å². The average molecular weight is 303 g/mol. The van der Waals surface area contributed by atoms with Gasteiger partial charge in [0.2, 0.25) is 5.89 Å². The summed E-state index contributed by atoms with van der Waals surface area (Å²) in [5.74, 6) is 0.611. The fourth-order valence-electron chi connectivity index (χ4n) is 2.68. The smallest absolute Gasteiger partial charge is 0.288 e. The average Bonchev–Trinajstić information content (AvgIpc) is 2.84. The van der Waals surface area contributed by atoms with Crippen molar-refractivity contribution in [1.82, 2.24) is 14.7 Å². The Hall–Kier alpha value is -1.46. The second-order valence-electron chi connectivity index (χ2n) is 5.79. The summed E-state index contributed by atoms with van der Waals surface area (Å²) in [4.78, 5) is 2.83. The summed E-state index contributed by atoms with van der Waals surface area (Å²) in [6.07, 6.45) is 3.85. The summed E-state index contributed by atoms with van der Waals surface area (Å²) < 4.78 is 7.47. The topological polar surface area (TPSA) is 34.2 Å². The highest BCUT2D eigenvalue weighted by atomic mass is 32.1. The lowest BCUT2D eigenvalue weighted by Crippen LogP contribution is -2.32. The normalized spacial score (nSPS) is 16.3. The van der Waals surface area contributed by atoms with Crippen LogP contribution in [-0.4, -0.2) is 27.8 Å². The SMILES string of the molecule is Cc1ccc(-c2nn(CN3CCCCC3)c(=S)o2)cc1C. The summed E-state index contributed by atoms with van der Waals surface area (Å²) in [6, 6.07) is 6.22. The lowest BCUT2D eigenvalue weighted by molar-refractivity contribution is 0.170. The van der Waals surface area contributed by atoms with Crippen LogP contribution in [0.1, 0.15) is 30.4 Å². The Bertz CT molecular complexity index is 683. The fraction of sp³-hybridized carbons (Fsp3) is 0.500. The van der Waals surface area contributed by atoms with Gasteiger partial charge in [-0.15, -0.1) is 5.10 Å². The van der Waals surface area contributed by atoms with Gasteiger partial charge in [0.05, 0.1) is 6.67 Å². The largest absolute Gasteiger partial charge is 0.409 e. The van der Waals surface area contributed by atoms with Gasteiger partial charge in [-0.05, 0) is 75.3 Å². The summed E-state index contributed by atoms with van der Waals surface area (Å²) in [5.41, 5.74) is 3.49. The zero-order chi connectivity index (χ0) is 14.8. The van der Waals surface area contributed by atoms with Crippen LogP contribution in [0.4, 0.5) is 0 Å². The molecule has 1 aromatic heterocycles. The lowest BCUT2D eigenvalue weighted by Gasteiger charge is -2.25. The van der Waals surface area contributed by atoms with Crippen molar-refractivity contribution in [1.29, 1.82) is 0 Å². The highest BCUT2D eigenvalue weighted by Crippen LogP contribution is 2.21. The molecular weight excluding hydrogens is 282 g/mol. The number of hydrogen-bond acceptors (Lipinski definition) is 4. The second kappa shape index (κ2) is 6.12. The van der Waals surface area contributed by atoms with Crippen molar-refractivity contribution in [2.45, 2.75) is 39.8 Å². The van der Waals surface area contributed by atoms with E-state index in [2.05, 4.69) is 36.0 Å². The van der Waals surface area contributed by atoms with E-state index >= 15 is 0 Å². The molecule has 112 valence electrons. The van der Waals surface area contributed by atoms with Crippen molar-refractivity contribution in [2.24, 2.45) is 0 Å². The quantitative estimate of drug-likeness (QED) is 0.805. The van der Waals surface area contributed by atoms with Crippen molar-refractivity contribution < 1.29 is 4.42 Å². The molecule has 1 fully saturated rings. The molecule has 0 unspecified atom stereocenters. The summed E-state index contributed by atoms with van der Waals surface area (Å²) in [6.45, 7) is 7.16. The molecule has 0 saturated carbocycles. The number of aromatic nitrogens is 2. The molecule has 0 spiro atoms. The highest BCUT2D eigenvalue weighted by molar-refractivity contribution is 7.71. The van der Waals surface area contributed by atoms with E-state index in [0.29, 0.717) is 10.7 Å². The Morgan fingerprint density at radius 3 is 2.62 bits per heavy atom. The first-order valence-corrected chi connectivity index (χ1v) is 7.92. The number of aryl methyl sites for hydroxylation is 2. The Morgan fingerprint density at radius 1 is 1.14 bits per heavy atom. The van der Waals surface area contributed by atoms with E-state index in [1.54, 1.807) is 4.68 Å². The Morgan fingerprint density at radius 2 is 1.90 bits per heavy atom. The van der Waals surface area contributed by atoms with E-state index in [1.165, 1.54) is 30.4 Å². The first kappa shape index (κ1) is 14.5. The van der Waals surface area contributed by atoms with Crippen LogP contribution < -0.4 is 0 Å². The van der Waals surface area contributed by atoms with Gasteiger partial charge in [-0.2, -0.15) is 0 Å². The molecule has 21 heavy (non-hydrogen) atoms. The summed E-state index contributed by atoms with van der Waals surface area (Å²) in [7, 11) is 0. The third-order valence-electron chi connectivity index (χ3n) is 4.14. The maximum Gasteiger partial charge on any atom is 0.288 e. The zero-order valence-electron chi connectivity index (χ0n) is 12.6. The molecule has 2 heterocycles. The molecule has 0 aliphatic carbocycles. The second-order valence-corrected chi connectivity index (χ2v) is 6.14. The molecule has 0 atom stereocenters. The molecule has 4 nitrogen and oxygen atoms in total. The minimum absolute atomic E-state index is 0.453. The molecule has 2 aromatic rings. The molecule has 0 N–H and O–H groups in total. The van der Waals surface area contributed by atoms with Gasteiger partial charge in [0.1, 0.15) is 0 Å². The van der Waals surface area contributed by atoms with Crippen molar-refractivity contribution in [3.05, 3.63) is 34.2 Å². The van der Waals surface area contributed by atoms with Gasteiger partial charge < -0.3 is 4.42 Å². The first-order valence-electron chi connectivity index (χ1n) is 7.51. The minimum Gasteiger partial charge on any atom is -0.409 e. The van der Waals surface area contributed by atoms with Crippen LogP contribution in [0.25, 0.3) is 11.5 Å². The fourth-order valence-corrected chi connectivity index (χ4v) is 2.85. The lowest BCUT2D eigenvalue weighted by atomic mass is 10.1. The molecule has 0 bridgehead atoms. The molecule has 5 heteroatoms. The van der Waals surface area contributed by atoms with E-state index in [1.807, 2.05) is 6.07 Å². The van der Waals surface area contributed by atoms with Crippen molar-refractivity contribution >= 4 is 12.2 Å². The number of likely N-dealkylation sites (tertiary alicyclic amines) is 1. The van der Waals surface area contributed by atoms with Crippen LogP contribution in [0, 0.1) is 18.7 Å². The summed E-state index contributed by atoms with van der Waals surface area (Å²) >= 11 is 5.31. The van der Waals surface area contributed by atoms with E-state index in [9.17, 15) is 0 Å². The van der Waals surface area contributed by atoms with Gasteiger partial charge in [-0.1, -0.05) is 12.5 Å². The summed E-state index contributed by atoms with van der Waals surface area (Å²) in [5, 5.41) is 4.55. The zero-order valence-corrected chi connectivity index (χ0v) is 13.4. The predicted molar refractivity (Wildman–Crippen MR) is 85.7 cm³/mol. The van der Waals surface area contributed by atoms with Crippen LogP contribution in [0.15, 0.2) is 22.6 Å². The molecular formula is C16H21N3OS. The highest BCUT2D eigenvalue weighted by Gasteiger charge is 2.14. The Balaban J connectivity index is 1.83. The first-order chi connectivity index (χ1) is 10.1. The third kappa shape index (κ3) is 3.24. The predicted octanol–water partition coefficient (Wildman–Crippen LogP) is 3.93. The monoisotopic (exact) mass is 303 g/mol. The van der Waals surface area contributed by atoms with Crippen LogP contribution in [0.2, 0.25) is 0 Å². The van der Waals surface area contributed by atoms with Crippen molar-refractivity contribution in [3.63, 3.8) is 0 Å². The Kier molecular flexibility index (Phi) is 4.22. The van der Waals surface area contributed by atoms with Crippen LogP contribution in [-0.2, 0) is 6.67 Å².